The Balaban J connectivity index is 1.81. The Hall–Kier alpha value is -2.69. The van der Waals surface area contributed by atoms with Crippen molar-refractivity contribution in [2.75, 3.05) is 12.4 Å². The molecule has 0 unspecified atom stereocenters. The number of thiazole rings is 1. The second-order valence-corrected chi connectivity index (χ2v) is 6.64. The van der Waals surface area contributed by atoms with Crippen LogP contribution < -0.4 is 10.1 Å². The molecule has 5 nitrogen and oxygen atoms in total. The van der Waals surface area contributed by atoms with Crippen LogP contribution in [0.15, 0.2) is 41.1 Å². The van der Waals surface area contributed by atoms with Gasteiger partial charge in [0.05, 0.1) is 30.2 Å². The highest BCUT2D eigenvalue weighted by molar-refractivity contribution is 7.14. The van der Waals surface area contributed by atoms with Crippen molar-refractivity contribution in [1.29, 1.82) is 5.26 Å². The van der Waals surface area contributed by atoms with Gasteiger partial charge in [0.15, 0.2) is 5.13 Å². The number of hydrogen-bond acceptors (Lipinski definition) is 6. The maximum absolute atomic E-state index is 12.1. The quantitative estimate of drug-likeness (QED) is 0.744. The smallest absolute Gasteiger partial charge is 0.267 e. The number of hydrogen-bond donors (Lipinski definition) is 1. The average molecular weight is 355 g/mol. The molecule has 1 aromatic carbocycles. The van der Waals surface area contributed by atoms with Crippen molar-refractivity contribution in [3.8, 4) is 23.1 Å². The predicted octanol–water partition coefficient (Wildman–Crippen LogP) is 4.20. The number of methoxy groups -OCH3 is 1. The van der Waals surface area contributed by atoms with Crippen molar-refractivity contribution in [3.05, 3.63) is 51.5 Å². The van der Waals surface area contributed by atoms with Crippen molar-refractivity contribution >= 4 is 33.7 Å². The van der Waals surface area contributed by atoms with E-state index in [2.05, 4.69) is 16.4 Å². The number of carbonyl (C=O) groups is 1. The fraction of sp³-hybridized carbons (Fsp3) is 0.118. The molecule has 0 saturated carbocycles. The fourth-order valence-corrected chi connectivity index (χ4v) is 3.53. The van der Waals surface area contributed by atoms with Gasteiger partial charge in [-0.15, -0.1) is 22.7 Å². The molecule has 3 aromatic rings. The third-order valence-corrected chi connectivity index (χ3v) is 4.94. The van der Waals surface area contributed by atoms with Gasteiger partial charge in [0, 0.05) is 16.5 Å². The highest BCUT2D eigenvalue weighted by atomic mass is 32.1. The van der Waals surface area contributed by atoms with Gasteiger partial charge in [0.2, 0.25) is 0 Å². The van der Waals surface area contributed by atoms with E-state index in [0.29, 0.717) is 15.8 Å². The largest absolute Gasteiger partial charge is 0.496 e. The maximum atomic E-state index is 12.1. The van der Waals surface area contributed by atoms with E-state index in [-0.39, 0.29) is 12.3 Å². The molecule has 3 rings (SSSR count). The summed E-state index contributed by atoms with van der Waals surface area (Å²) in [5.41, 5.74) is 2.45. The first-order valence-electron chi connectivity index (χ1n) is 7.06. The van der Waals surface area contributed by atoms with E-state index in [1.165, 1.54) is 22.7 Å². The molecule has 0 fully saturated rings. The van der Waals surface area contributed by atoms with E-state index in [9.17, 15) is 4.79 Å². The first-order chi connectivity index (χ1) is 11.7. The molecule has 0 saturated heterocycles. The SMILES string of the molecule is COc1ccc(-c2csc(NC(=O)c3cccs3)n2)cc1CC#N. The van der Waals surface area contributed by atoms with E-state index in [1.807, 2.05) is 35.0 Å². The molecule has 120 valence electrons. The van der Waals surface area contributed by atoms with Gasteiger partial charge in [-0.05, 0) is 29.6 Å². The standard InChI is InChI=1S/C17H13N3O2S2/c1-22-14-5-4-11(9-12(14)6-7-18)13-10-24-17(19-13)20-16(21)15-3-2-8-23-15/h2-5,8-10H,6H2,1H3,(H,19,20,21). The summed E-state index contributed by atoms with van der Waals surface area (Å²) in [6.45, 7) is 0. The Bertz CT molecular complexity index is 895. The monoisotopic (exact) mass is 355 g/mol. The number of anilines is 1. The van der Waals surface area contributed by atoms with Gasteiger partial charge in [-0.1, -0.05) is 6.07 Å². The Labute approximate surface area is 147 Å². The summed E-state index contributed by atoms with van der Waals surface area (Å²) < 4.78 is 5.26. The van der Waals surface area contributed by atoms with E-state index in [1.54, 1.807) is 13.2 Å². The molecule has 0 spiro atoms. The average Bonchev–Trinajstić information content (AvgIpc) is 3.27. The summed E-state index contributed by atoms with van der Waals surface area (Å²) in [4.78, 5) is 17.2. The van der Waals surface area contributed by atoms with Crippen molar-refractivity contribution in [2.24, 2.45) is 0 Å². The van der Waals surface area contributed by atoms with Gasteiger partial charge in [0.25, 0.3) is 5.91 Å². The summed E-state index contributed by atoms with van der Waals surface area (Å²) in [6, 6.07) is 11.3. The van der Waals surface area contributed by atoms with Crippen LogP contribution in [0.4, 0.5) is 5.13 Å². The van der Waals surface area contributed by atoms with E-state index >= 15 is 0 Å². The molecule has 0 bridgehead atoms. The van der Waals surface area contributed by atoms with Crippen LogP contribution in [0.2, 0.25) is 0 Å². The molecule has 7 heteroatoms. The summed E-state index contributed by atoms with van der Waals surface area (Å²) in [6.07, 6.45) is 0.267. The molecule has 0 radical (unpaired) electrons. The molecule has 24 heavy (non-hydrogen) atoms. The number of benzene rings is 1. The molecule has 0 aliphatic carbocycles. The minimum atomic E-state index is -0.161. The highest BCUT2D eigenvalue weighted by Crippen LogP contribution is 2.29. The van der Waals surface area contributed by atoms with Crippen LogP contribution in [0, 0.1) is 11.3 Å². The predicted molar refractivity (Wildman–Crippen MR) is 95.7 cm³/mol. The van der Waals surface area contributed by atoms with Crippen LogP contribution in [-0.4, -0.2) is 18.0 Å². The normalized spacial score (nSPS) is 10.2. The highest BCUT2D eigenvalue weighted by Gasteiger charge is 2.12. The summed E-state index contributed by atoms with van der Waals surface area (Å²) in [7, 11) is 1.58. The van der Waals surface area contributed by atoms with Gasteiger partial charge in [-0.2, -0.15) is 5.26 Å². The lowest BCUT2D eigenvalue weighted by Crippen LogP contribution is -2.09. The van der Waals surface area contributed by atoms with Gasteiger partial charge in [-0.25, -0.2) is 4.98 Å². The van der Waals surface area contributed by atoms with Crippen LogP contribution in [0.25, 0.3) is 11.3 Å². The zero-order valence-corrected chi connectivity index (χ0v) is 14.4. The number of nitriles is 1. The molecular weight excluding hydrogens is 342 g/mol. The number of nitrogens with one attached hydrogen (secondary N) is 1. The summed E-state index contributed by atoms with van der Waals surface area (Å²) in [5.74, 6) is 0.521. The summed E-state index contributed by atoms with van der Waals surface area (Å²) in [5, 5.41) is 16.0. The van der Waals surface area contributed by atoms with E-state index < -0.39 is 0 Å². The van der Waals surface area contributed by atoms with Gasteiger partial charge in [-0.3, -0.25) is 10.1 Å². The number of thiophene rings is 1. The molecule has 1 amide bonds. The van der Waals surface area contributed by atoms with Crippen molar-refractivity contribution in [1.82, 2.24) is 4.98 Å². The second-order valence-electron chi connectivity index (χ2n) is 4.83. The van der Waals surface area contributed by atoms with Crippen LogP contribution in [0.1, 0.15) is 15.2 Å². The zero-order chi connectivity index (χ0) is 16.9. The van der Waals surface area contributed by atoms with Gasteiger partial charge >= 0.3 is 0 Å². The van der Waals surface area contributed by atoms with E-state index in [4.69, 9.17) is 10.00 Å². The number of carbonyl (C=O) groups excluding carboxylic acids is 1. The van der Waals surface area contributed by atoms with Crippen LogP contribution >= 0.6 is 22.7 Å². The van der Waals surface area contributed by atoms with Gasteiger partial charge < -0.3 is 4.74 Å². The van der Waals surface area contributed by atoms with Crippen LogP contribution in [0.5, 0.6) is 5.75 Å². The Kier molecular flexibility index (Phi) is 4.89. The van der Waals surface area contributed by atoms with Crippen molar-refractivity contribution in [3.63, 3.8) is 0 Å². The molecule has 2 aromatic heterocycles. The third-order valence-electron chi connectivity index (χ3n) is 3.32. The third kappa shape index (κ3) is 3.45. The van der Waals surface area contributed by atoms with Crippen LogP contribution in [-0.2, 0) is 6.42 Å². The molecule has 1 N–H and O–H groups in total. The second kappa shape index (κ2) is 7.25. The molecule has 0 atom stereocenters. The molecule has 0 aliphatic rings. The first-order valence-corrected chi connectivity index (χ1v) is 8.82. The number of nitrogens with zero attached hydrogens (tertiary/aromatic N) is 2. The minimum Gasteiger partial charge on any atom is -0.496 e. The lowest BCUT2D eigenvalue weighted by molar-refractivity contribution is 0.103. The lowest BCUT2D eigenvalue weighted by Gasteiger charge is -2.07. The number of aromatic nitrogens is 1. The zero-order valence-electron chi connectivity index (χ0n) is 12.8. The van der Waals surface area contributed by atoms with E-state index in [0.717, 1.165) is 16.8 Å². The molecule has 0 aliphatic heterocycles. The number of ether oxygens (including phenoxy) is 1. The van der Waals surface area contributed by atoms with Crippen molar-refractivity contribution in [2.45, 2.75) is 6.42 Å². The summed E-state index contributed by atoms with van der Waals surface area (Å²) >= 11 is 2.75. The maximum Gasteiger partial charge on any atom is 0.267 e. The minimum absolute atomic E-state index is 0.161. The fourth-order valence-electron chi connectivity index (χ4n) is 2.19. The number of amides is 1. The first kappa shape index (κ1) is 16.2. The molecular formula is C17H13N3O2S2. The molecule has 2 heterocycles. The topological polar surface area (TPSA) is 75.0 Å². The number of rotatable bonds is 5. The Morgan fingerprint density at radius 2 is 2.25 bits per heavy atom. The van der Waals surface area contributed by atoms with Crippen molar-refractivity contribution < 1.29 is 9.53 Å². The Morgan fingerprint density at radius 3 is 2.96 bits per heavy atom. The van der Waals surface area contributed by atoms with Crippen LogP contribution in [0.3, 0.4) is 0 Å². The lowest BCUT2D eigenvalue weighted by atomic mass is 10.1. The van der Waals surface area contributed by atoms with Gasteiger partial charge in [0.1, 0.15) is 5.75 Å². The Morgan fingerprint density at radius 1 is 1.38 bits per heavy atom.